The SMILES string of the molecule is CC(=O)CNCC(=O)[C@H](CCCCNC(=O)COCCOCCNC(C)=O)CCC(=O)C(C)(C)CC(=O)[C@@H](N)Cc1cnc[nH]1.CCCCCCCCCCCCCCCCCC(=O)N[C@@H](CCC(=O)CCCOCCOCC)C(=O)O. The van der Waals surface area contributed by atoms with Crippen molar-refractivity contribution < 1.29 is 67.2 Å². The largest absolute Gasteiger partial charge is 0.480 e. The van der Waals surface area contributed by atoms with Crippen LogP contribution in [0.3, 0.4) is 0 Å². The standard InChI is InChI=1S/C31H52N6O8.C30H57NO6/c1-22(38)17-33-19-28(41)24(7-5-6-10-36-30(43)20-45-14-13-44-12-11-35-23(2)39)8-9-29(42)31(3,4)16-27(40)26(32)15-25-18-34-21-37-25;1-3-5-6-7-8-9-10-11-12-13-14-15-16-17-18-21-29(33)31-28(30(34)35)23-22-27(32)20-19-24-37-26-25-36-4-2/h18,21,24,26,33H,5-17,19-20,32H2,1-4H3,(H,34,37)(H,35,39)(H,36,43);28H,3-26H2,1-2H3,(H,31,33)(H,34,35)/t24-,26+;28-/m10/s1. The highest BCUT2D eigenvalue weighted by molar-refractivity contribution is 5.93. The lowest BCUT2D eigenvalue weighted by Gasteiger charge is -2.25. The molecular weight excluding hydrogens is 1050 g/mol. The number of Topliss-reactive ketones (excluding diaryl/α,β-unsaturated/α-hetero) is 5. The number of ketones is 5. The fraction of sp³-hybridized carbons (Fsp3) is 0.803. The van der Waals surface area contributed by atoms with Crippen LogP contribution >= 0.6 is 0 Å². The van der Waals surface area contributed by atoms with Gasteiger partial charge in [-0.25, -0.2) is 9.78 Å². The lowest BCUT2D eigenvalue weighted by Crippen LogP contribution is -2.41. The van der Waals surface area contributed by atoms with Gasteiger partial charge in [-0.05, 0) is 52.4 Å². The summed E-state index contributed by atoms with van der Waals surface area (Å²) in [7, 11) is 0. The van der Waals surface area contributed by atoms with E-state index >= 15 is 0 Å². The molecule has 0 unspecified atom stereocenters. The number of aromatic amines is 1. The minimum absolute atomic E-state index is 0.00341. The van der Waals surface area contributed by atoms with Gasteiger partial charge in [0.15, 0.2) is 5.78 Å². The first-order valence-corrected chi connectivity index (χ1v) is 30.7. The Balaban J connectivity index is 0.00000163. The molecule has 21 nitrogen and oxygen atoms in total. The van der Waals surface area contributed by atoms with Gasteiger partial charge in [0, 0.05) is 95.0 Å². The number of H-pyrrole nitrogens is 1. The smallest absolute Gasteiger partial charge is 0.326 e. The van der Waals surface area contributed by atoms with Crippen LogP contribution in [0.1, 0.15) is 214 Å². The summed E-state index contributed by atoms with van der Waals surface area (Å²) in [5.41, 5.74) is 5.87. The van der Waals surface area contributed by atoms with E-state index in [-0.39, 0.29) is 98.6 Å². The number of carboxylic acid groups (broad SMARTS) is 1. The van der Waals surface area contributed by atoms with Crippen LogP contribution in [0.5, 0.6) is 0 Å². The number of carbonyl (C=O) groups is 9. The molecule has 1 aromatic heterocycles. The van der Waals surface area contributed by atoms with Crippen molar-refractivity contribution in [2.24, 2.45) is 17.1 Å². The zero-order valence-electron chi connectivity index (χ0n) is 51.2. The second-order valence-corrected chi connectivity index (χ2v) is 22.0. The van der Waals surface area contributed by atoms with Crippen molar-refractivity contribution in [1.82, 2.24) is 31.2 Å². The van der Waals surface area contributed by atoms with Crippen LogP contribution in [0.15, 0.2) is 12.5 Å². The van der Waals surface area contributed by atoms with Crippen LogP contribution in [-0.4, -0.2) is 159 Å². The van der Waals surface area contributed by atoms with E-state index in [1.807, 2.05) is 6.92 Å². The number of unbranched alkanes of at least 4 members (excludes halogenated alkanes) is 15. The number of hydrogen-bond acceptors (Lipinski definition) is 16. The molecule has 0 fully saturated rings. The molecule has 82 heavy (non-hydrogen) atoms. The van der Waals surface area contributed by atoms with Crippen molar-refractivity contribution >= 4 is 52.6 Å². The fourth-order valence-corrected chi connectivity index (χ4v) is 8.85. The van der Waals surface area contributed by atoms with E-state index in [4.69, 9.17) is 24.7 Å². The van der Waals surface area contributed by atoms with E-state index in [2.05, 4.69) is 38.2 Å². The Kier molecular flexibility index (Phi) is 48.8. The summed E-state index contributed by atoms with van der Waals surface area (Å²) < 4.78 is 21.1. The van der Waals surface area contributed by atoms with Gasteiger partial charge in [0.25, 0.3) is 0 Å². The highest BCUT2D eigenvalue weighted by Gasteiger charge is 2.33. The number of imidazole rings is 1. The molecule has 0 aromatic carbocycles. The quantitative estimate of drug-likeness (QED) is 0.0312. The van der Waals surface area contributed by atoms with Gasteiger partial charge in [0.05, 0.1) is 58.5 Å². The first-order chi connectivity index (χ1) is 39.3. The number of nitrogens with two attached hydrogens (primary N) is 1. The Hall–Kier alpha value is -4.80. The Morgan fingerprint density at radius 1 is 0.622 bits per heavy atom. The second kappa shape index (κ2) is 51.8. The molecule has 472 valence electrons. The molecule has 0 spiro atoms. The van der Waals surface area contributed by atoms with Crippen LogP contribution in [0.2, 0.25) is 0 Å². The lowest BCUT2D eigenvalue weighted by molar-refractivity contribution is -0.142. The molecule has 0 aliphatic rings. The third kappa shape index (κ3) is 46.7. The first-order valence-electron chi connectivity index (χ1n) is 30.7. The number of ether oxygens (including phenoxy) is 4. The minimum Gasteiger partial charge on any atom is -0.480 e. The number of carbonyl (C=O) groups excluding carboxylic acids is 8. The summed E-state index contributed by atoms with van der Waals surface area (Å²) in [6, 6.07) is -1.76. The van der Waals surface area contributed by atoms with Crippen molar-refractivity contribution in [1.29, 1.82) is 0 Å². The molecule has 1 heterocycles. The van der Waals surface area contributed by atoms with Gasteiger partial charge in [-0.1, -0.05) is 117 Å². The monoisotopic (exact) mass is 1160 g/mol. The van der Waals surface area contributed by atoms with Crippen LogP contribution in [0.25, 0.3) is 0 Å². The van der Waals surface area contributed by atoms with Gasteiger partial charge in [0.1, 0.15) is 35.8 Å². The molecule has 0 aliphatic heterocycles. The average molecular weight is 1160 g/mol. The van der Waals surface area contributed by atoms with Crippen molar-refractivity contribution in [3.63, 3.8) is 0 Å². The number of aliphatic carboxylic acids is 1. The Morgan fingerprint density at radius 3 is 1.82 bits per heavy atom. The highest BCUT2D eigenvalue weighted by Crippen LogP contribution is 2.28. The van der Waals surface area contributed by atoms with Crippen LogP contribution in [-0.2, 0) is 68.5 Å². The van der Waals surface area contributed by atoms with Crippen molar-refractivity contribution in [3.8, 4) is 0 Å². The van der Waals surface area contributed by atoms with Crippen LogP contribution in [0.4, 0.5) is 0 Å². The highest BCUT2D eigenvalue weighted by atomic mass is 16.5. The van der Waals surface area contributed by atoms with E-state index < -0.39 is 29.4 Å². The fourth-order valence-electron chi connectivity index (χ4n) is 8.85. The average Bonchev–Trinajstić information content (AvgIpc) is 4.00. The molecule has 0 radical (unpaired) electrons. The van der Waals surface area contributed by atoms with Crippen LogP contribution < -0.4 is 27.0 Å². The summed E-state index contributed by atoms with van der Waals surface area (Å²) in [5.74, 6) is -2.64. The van der Waals surface area contributed by atoms with Gasteiger partial charge in [-0.3, -0.25) is 38.4 Å². The van der Waals surface area contributed by atoms with Crippen molar-refractivity contribution in [2.75, 3.05) is 79.0 Å². The summed E-state index contributed by atoms with van der Waals surface area (Å²) in [6.07, 6.45) is 26.2. The third-order valence-electron chi connectivity index (χ3n) is 13.8. The number of nitrogens with zero attached hydrogens (tertiary/aromatic N) is 1. The molecule has 8 N–H and O–H groups in total. The number of hydrogen-bond donors (Lipinski definition) is 7. The lowest BCUT2D eigenvalue weighted by atomic mass is 9.78. The molecule has 0 aliphatic carbocycles. The summed E-state index contributed by atoms with van der Waals surface area (Å²) in [6.45, 7) is 14.4. The molecule has 21 heteroatoms. The molecule has 1 rings (SSSR count). The van der Waals surface area contributed by atoms with Gasteiger partial charge < -0.3 is 56.0 Å². The van der Waals surface area contributed by atoms with E-state index in [0.29, 0.717) is 104 Å². The second-order valence-electron chi connectivity index (χ2n) is 22.0. The predicted molar refractivity (Wildman–Crippen MR) is 317 cm³/mol. The Morgan fingerprint density at radius 2 is 1.23 bits per heavy atom. The number of rotatable bonds is 56. The summed E-state index contributed by atoms with van der Waals surface area (Å²) in [5, 5.41) is 20.2. The first kappa shape index (κ1) is 77.2. The maximum absolute atomic E-state index is 13.2. The molecular formula is C61H109N7O14. The molecule has 1 aromatic rings. The number of amides is 3. The number of aromatic nitrogens is 2. The molecule has 3 amide bonds. The van der Waals surface area contributed by atoms with E-state index in [0.717, 1.165) is 25.0 Å². The zero-order valence-corrected chi connectivity index (χ0v) is 51.2. The van der Waals surface area contributed by atoms with Gasteiger partial charge in [-0.15, -0.1) is 0 Å². The van der Waals surface area contributed by atoms with Gasteiger partial charge >= 0.3 is 5.97 Å². The third-order valence-corrected chi connectivity index (χ3v) is 13.8. The maximum Gasteiger partial charge on any atom is 0.326 e. The van der Waals surface area contributed by atoms with Gasteiger partial charge in [0.2, 0.25) is 17.7 Å². The maximum atomic E-state index is 13.2. The number of carboxylic acids is 1. The van der Waals surface area contributed by atoms with Crippen molar-refractivity contribution in [2.45, 2.75) is 227 Å². The van der Waals surface area contributed by atoms with E-state index in [9.17, 15) is 48.3 Å². The molecule has 3 atom stereocenters. The Bertz CT molecular complexity index is 1880. The summed E-state index contributed by atoms with van der Waals surface area (Å²) >= 11 is 0. The zero-order chi connectivity index (χ0) is 61.1. The number of nitrogens with one attached hydrogen (secondary N) is 5. The summed E-state index contributed by atoms with van der Waals surface area (Å²) in [4.78, 5) is 115. The van der Waals surface area contributed by atoms with E-state index in [1.165, 1.54) is 97.2 Å². The van der Waals surface area contributed by atoms with Crippen molar-refractivity contribution in [3.05, 3.63) is 18.2 Å². The predicted octanol–water partition coefficient (Wildman–Crippen LogP) is 7.43. The van der Waals surface area contributed by atoms with Gasteiger partial charge in [-0.2, -0.15) is 0 Å². The normalized spacial score (nSPS) is 12.4. The minimum atomic E-state index is -1.09. The molecule has 0 bridgehead atoms. The molecule has 0 saturated heterocycles. The topological polar surface area (TPSA) is 314 Å². The molecule has 0 saturated carbocycles. The van der Waals surface area contributed by atoms with Crippen LogP contribution in [0, 0.1) is 11.3 Å². The van der Waals surface area contributed by atoms with E-state index in [1.54, 1.807) is 20.0 Å². The Labute approximate surface area is 490 Å².